The number of anilines is 1. The summed E-state index contributed by atoms with van der Waals surface area (Å²) in [5.41, 5.74) is 9.89. The fourth-order valence-electron chi connectivity index (χ4n) is 3.96. The van der Waals surface area contributed by atoms with Gasteiger partial charge in [0.25, 0.3) is 11.1 Å². The van der Waals surface area contributed by atoms with Gasteiger partial charge in [-0.15, -0.1) is 21.5 Å². The molecule has 3 aromatic heterocycles. The Morgan fingerprint density at radius 2 is 2.12 bits per heavy atom. The lowest BCUT2D eigenvalue weighted by atomic mass is 9.89. The minimum atomic E-state index is 0.229. The van der Waals surface area contributed by atoms with E-state index < -0.39 is 0 Å². The number of nitrogens with zero attached hydrogens (tertiary/aromatic N) is 4. The number of hydrogen-bond donors (Lipinski definition) is 1. The number of thioether (sulfide) groups is 1. The van der Waals surface area contributed by atoms with E-state index in [1.165, 1.54) is 28.6 Å². The third kappa shape index (κ3) is 4.31. The molecule has 166 valence electrons. The quantitative estimate of drug-likeness (QED) is 0.383. The lowest BCUT2D eigenvalue weighted by Gasteiger charge is -2.17. The van der Waals surface area contributed by atoms with Crippen molar-refractivity contribution < 1.29 is 9.15 Å². The van der Waals surface area contributed by atoms with Crippen LogP contribution < -0.4 is 10.5 Å². The molecule has 7 nitrogen and oxygen atoms in total. The fraction of sp³-hybridized carbons (Fsp3) is 0.391. The van der Waals surface area contributed by atoms with Gasteiger partial charge in [-0.3, -0.25) is 0 Å². The summed E-state index contributed by atoms with van der Waals surface area (Å²) < 4.78 is 11.6. The van der Waals surface area contributed by atoms with Crippen molar-refractivity contribution in [3.8, 4) is 5.75 Å². The largest absolute Gasteiger partial charge is 0.484 e. The van der Waals surface area contributed by atoms with Crippen LogP contribution in [-0.2, 0) is 25.2 Å². The van der Waals surface area contributed by atoms with E-state index in [0.717, 1.165) is 39.9 Å². The van der Waals surface area contributed by atoms with Gasteiger partial charge in [0.15, 0.2) is 6.61 Å². The molecule has 1 atom stereocenters. The van der Waals surface area contributed by atoms with Gasteiger partial charge in [0, 0.05) is 4.88 Å². The Morgan fingerprint density at radius 3 is 3.00 bits per heavy atom. The Labute approximate surface area is 194 Å². The molecule has 2 N–H and O–H groups in total. The second-order valence-electron chi connectivity index (χ2n) is 8.37. The summed E-state index contributed by atoms with van der Waals surface area (Å²) in [4.78, 5) is 11.7. The first kappa shape index (κ1) is 21.2. The van der Waals surface area contributed by atoms with Crippen LogP contribution in [0.5, 0.6) is 5.75 Å². The topological polar surface area (TPSA) is 100.0 Å². The van der Waals surface area contributed by atoms with Crippen molar-refractivity contribution in [2.45, 2.75) is 57.6 Å². The highest BCUT2D eigenvalue weighted by Crippen LogP contribution is 2.39. The molecule has 0 saturated carbocycles. The van der Waals surface area contributed by atoms with Gasteiger partial charge in [0.05, 0.1) is 11.1 Å². The molecule has 1 aliphatic rings. The minimum Gasteiger partial charge on any atom is -0.484 e. The van der Waals surface area contributed by atoms with Crippen LogP contribution in [0, 0.1) is 19.8 Å². The molecule has 1 aliphatic carbocycles. The molecule has 0 saturated heterocycles. The highest BCUT2D eigenvalue weighted by molar-refractivity contribution is 7.98. The first-order valence-electron chi connectivity index (χ1n) is 10.7. The molecular weight excluding hydrogens is 442 g/mol. The zero-order chi connectivity index (χ0) is 22.2. The highest BCUT2D eigenvalue weighted by Gasteiger charge is 2.23. The number of benzene rings is 1. The number of rotatable bonds is 6. The van der Waals surface area contributed by atoms with Gasteiger partial charge >= 0.3 is 0 Å². The average molecular weight is 468 g/mol. The van der Waals surface area contributed by atoms with Crippen LogP contribution in [0.25, 0.3) is 10.2 Å². The van der Waals surface area contributed by atoms with E-state index in [-0.39, 0.29) is 6.61 Å². The Morgan fingerprint density at radius 1 is 1.25 bits per heavy atom. The third-order valence-corrected chi connectivity index (χ3v) is 7.66. The molecule has 0 bridgehead atoms. The van der Waals surface area contributed by atoms with Crippen LogP contribution in [0.1, 0.15) is 46.6 Å². The van der Waals surface area contributed by atoms with E-state index in [9.17, 15) is 0 Å². The van der Waals surface area contributed by atoms with Gasteiger partial charge in [-0.05, 0) is 61.8 Å². The normalized spacial score (nSPS) is 15.8. The van der Waals surface area contributed by atoms with Crippen molar-refractivity contribution >= 4 is 39.1 Å². The van der Waals surface area contributed by atoms with E-state index >= 15 is 0 Å². The van der Waals surface area contributed by atoms with Crippen molar-refractivity contribution in [3.05, 3.63) is 51.5 Å². The predicted molar refractivity (Wildman–Crippen MR) is 127 cm³/mol. The van der Waals surface area contributed by atoms with Gasteiger partial charge in [0.2, 0.25) is 0 Å². The predicted octanol–water partition coefficient (Wildman–Crippen LogP) is 5.27. The lowest BCUT2D eigenvalue weighted by molar-refractivity contribution is 0.250. The molecule has 4 aromatic rings. The molecule has 0 radical (unpaired) electrons. The number of nitrogen functional groups attached to an aromatic ring is 1. The van der Waals surface area contributed by atoms with Gasteiger partial charge < -0.3 is 14.9 Å². The summed E-state index contributed by atoms with van der Waals surface area (Å²) in [5.74, 6) is 3.74. The Bertz CT molecular complexity index is 1280. The Kier molecular flexibility index (Phi) is 5.77. The molecule has 32 heavy (non-hydrogen) atoms. The summed E-state index contributed by atoms with van der Waals surface area (Å²) in [6, 6.07) is 6.09. The molecule has 0 spiro atoms. The first-order valence-corrected chi connectivity index (χ1v) is 12.5. The van der Waals surface area contributed by atoms with Gasteiger partial charge in [0.1, 0.15) is 22.2 Å². The van der Waals surface area contributed by atoms with E-state index in [2.05, 4.69) is 28.2 Å². The molecule has 1 aromatic carbocycles. The monoisotopic (exact) mass is 467 g/mol. The molecular formula is C23H25N5O2S2. The molecule has 9 heteroatoms. The van der Waals surface area contributed by atoms with Crippen molar-refractivity contribution in [1.29, 1.82) is 0 Å². The number of thiophene rings is 1. The summed E-state index contributed by atoms with van der Waals surface area (Å²) in [6.07, 6.45) is 3.37. The van der Waals surface area contributed by atoms with E-state index in [0.29, 0.717) is 34.4 Å². The van der Waals surface area contributed by atoms with Gasteiger partial charge in [-0.1, -0.05) is 30.8 Å². The number of fused-ring (bicyclic) bond motifs is 3. The molecule has 0 amide bonds. The Balaban J connectivity index is 1.25. The maximum absolute atomic E-state index is 6.33. The standard InChI is InChI=1S/C23H25N5O2S2/c1-12-4-6-14(3)16(8-12)29-10-19-27-28-23(30-19)31-11-18-25-21(24)20-15-7-5-13(2)9-17(15)32-22(20)26-18/h4,6,8,13H,5,7,9-11H2,1-3H3,(H2,24,25,26). The van der Waals surface area contributed by atoms with Crippen LogP contribution in [0.4, 0.5) is 5.82 Å². The number of hydrogen-bond acceptors (Lipinski definition) is 9. The van der Waals surface area contributed by atoms with Crippen molar-refractivity contribution in [3.63, 3.8) is 0 Å². The third-order valence-electron chi connectivity index (χ3n) is 5.70. The second kappa shape index (κ2) is 8.71. The van der Waals surface area contributed by atoms with E-state index in [1.807, 2.05) is 26.0 Å². The van der Waals surface area contributed by atoms with Gasteiger partial charge in [-0.2, -0.15) is 0 Å². The minimum absolute atomic E-state index is 0.229. The first-order chi connectivity index (χ1) is 15.5. The van der Waals surface area contributed by atoms with E-state index in [4.69, 9.17) is 19.9 Å². The zero-order valence-corrected chi connectivity index (χ0v) is 20.0. The smallest absolute Gasteiger partial charge is 0.277 e. The number of aromatic nitrogens is 4. The van der Waals surface area contributed by atoms with Crippen LogP contribution in [0.2, 0.25) is 0 Å². The van der Waals surface area contributed by atoms with Crippen molar-refractivity contribution in [1.82, 2.24) is 20.2 Å². The zero-order valence-electron chi connectivity index (χ0n) is 18.3. The van der Waals surface area contributed by atoms with Crippen LogP contribution in [-0.4, -0.2) is 20.2 Å². The summed E-state index contributed by atoms with van der Waals surface area (Å²) >= 11 is 3.16. The molecule has 5 rings (SSSR count). The average Bonchev–Trinajstić information content (AvgIpc) is 3.36. The number of aryl methyl sites for hydroxylation is 3. The molecule has 1 unspecified atom stereocenters. The van der Waals surface area contributed by atoms with Gasteiger partial charge in [-0.25, -0.2) is 9.97 Å². The molecule has 3 heterocycles. The summed E-state index contributed by atoms with van der Waals surface area (Å²) in [7, 11) is 0. The molecule has 0 fully saturated rings. The SMILES string of the molecule is Cc1ccc(C)c(OCc2nnc(SCc3nc(N)c4c5c(sc4n3)CC(C)CC5)o2)c1. The Hall–Kier alpha value is -2.65. The summed E-state index contributed by atoms with van der Waals surface area (Å²) in [6.45, 7) is 6.57. The van der Waals surface area contributed by atoms with Crippen molar-refractivity contribution in [2.75, 3.05) is 5.73 Å². The second-order valence-corrected chi connectivity index (χ2v) is 10.4. The van der Waals surface area contributed by atoms with Crippen LogP contribution >= 0.6 is 23.1 Å². The highest BCUT2D eigenvalue weighted by atomic mass is 32.2. The molecule has 0 aliphatic heterocycles. The summed E-state index contributed by atoms with van der Waals surface area (Å²) in [5, 5.41) is 9.71. The lowest BCUT2D eigenvalue weighted by Crippen LogP contribution is -2.09. The van der Waals surface area contributed by atoms with Crippen LogP contribution in [0.15, 0.2) is 27.8 Å². The number of nitrogens with two attached hydrogens (primary N) is 1. The fourth-order valence-corrected chi connectivity index (χ4v) is 6.01. The van der Waals surface area contributed by atoms with Crippen molar-refractivity contribution in [2.24, 2.45) is 5.92 Å². The van der Waals surface area contributed by atoms with Crippen LogP contribution in [0.3, 0.4) is 0 Å². The maximum atomic E-state index is 6.33. The maximum Gasteiger partial charge on any atom is 0.277 e. The van der Waals surface area contributed by atoms with E-state index in [1.54, 1.807) is 11.3 Å². The number of ether oxygens (including phenoxy) is 1.